The lowest BCUT2D eigenvalue weighted by Gasteiger charge is -2.31. The Balaban J connectivity index is 1.61. The molecular formula is C23H31N5O2. The molecule has 1 saturated heterocycles. The Hall–Kier alpha value is -2.85. The summed E-state index contributed by atoms with van der Waals surface area (Å²) in [6.45, 7) is 8.40. The van der Waals surface area contributed by atoms with Crippen molar-refractivity contribution in [2.24, 2.45) is 0 Å². The number of ether oxygens (including phenoxy) is 1. The second kappa shape index (κ2) is 10.3. The van der Waals surface area contributed by atoms with Gasteiger partial charge in [0.25, 0.3) is 0 Å². The highest BCUT2D eigenvalue weighted by molar-refractivity contribution is 5.76. The normalized spacial score (nSPS) is 13.9. The fourth-order valence-electron chi connectivity index (χ4n) is 3.99. The summed E-state index contributed by atoms with van der Waals surface area (Å²) in [5, 5.41) is 13.3. The van der Waals surface area contributed by atoms with Gasteiger partial charge in [-0.15, -0.1) is 0 Å². The fraction of sp³-hybridized carbons (Fsp3) is 0.522. The van der Waals surface area contributed by atoms with Crippen LogP contribution < -0.4 is 4.90 Å². The largest absolute Gasteiger partial charge is 0.378 e. The maximum Gasteiger partial charge on any atom is 0.222 e. The van der Waals surface area contributed by atoms with Crippen molar-refractivity contribution in [1.29, 1.82) is 5.26 Å². The number of carbonyl (C=O) groups is 1. The molecule has 0 atom stereocenters. The van der Waals surface area contributed by atoms with Gasteiger partial charge in [0, 0.05) is 44.5 Å². The molecule has 2 heterocycles. The summed E-state index contributed by atoms with van der Waals surface area (Å²) in [5.41, 5.74) is 5.45. The fourth-order valence-corrected chi connectivity index (χ4v) is 3.99. The van der Waals surface area contributed by atoms with Crippen LogP contribution in [-0.2, 0) is 29.0 Å². The minimum Gasteiger partial charge on any atom is -0.378 e. The maximum absolute atomic E-state index is 12.8. The van der Waals surface area contributed by atoms with Gasteiger partial charge in [-0.25, -0.2) is 0 Å². The average Bonchev–Trinajstić information content (AvgIpc) is 3.04. The highest BCUT2D eigenvalue weighted by Crippen LogP contribution is 2.23. The van der Waals surface area contributed by atoms with E-state index in [1.54, 1.807) is 0 Å². The number of rotatable bonds is 8. The number of carbonyl (C=O) groups excluding carboxylic acids is 1. The van der Waals surface area contributed by atoms with Gasteiger partial charge in [0.05, 0.1) is 37.9 Å². The minimum absolute atomic E-state index is 0.121. The summed E-state index contributed by atoms with van der Waals surface area (Å²) in [5.74, 6) is 0.121. The SMILES string of the molecule is Cc1nn(CCC#N)c(C)c1CCC(=O)N(C)Cc1ccccc1N1CCOCC1. The summed E-state index contributed by atoms with van der Waals surface area (Å²) in [7, 11) is 1.87. The van der Waals surface area contributed by atoms with Crippen molar-refractivity contribution in [3.05, 3.63) is 46.8 Å². The Bertz CT molecular complexity index is 909. The van der Waals surface area contributed by atoms with Gasteiger partial charge in [-0.1, -0.05) is 18.2 Å². The molecule has 0 N–H and O–H groups in total. The zero-order valence-corrected chi connectivity index (χ0v) is 18.2. The van der Waals surface area contributed by atoms with Crippen LogP contribution >= 0.6 is 0 Å². The van der Waals surface area contributed by atoms with Crippen LogP contribution in [0.5, 0.6) is 0 Å². The zero-order chi connectivity index (χ0) is 21.5. The van der Waals surface area contributed by atoms with Gasteiger partial charge < -0.3 is 14.5 Å². The van der Waals surface area contributed by atoms with E-state index in [9.17, 15) is 4.79 Å². The number of hydrogen-bond acceptors (Lipinski definition) is 5. The van der Waals surface area contributed by atoms with Gasteiger partial charge in [0.2, 0.25) is 5.91 Å². The molecule has 0 saturated carbocycles. The van der Waals surface area contributed by atoms with Crippen LogP contribution in [0.2, 0.25) is 0 Å². The van der Waals surface area contributed by atoms with E-state index in [0.717, 1.165) is 48.8 Å². The first-order valence-electron chi connectivity index (χ1n) is 10.6. The van der Waals surface area contributed by atoms with Gasteiger partial charge in [-0.05, 0) is 37.5 Å². The number of aryl methyl sites for hydroxylation is 2. The predicted octanol–water partition coefficient (Wildman–Crippen LogP) is 2.84. The van der Waals surface area contributed by atoms with E-state index in [4.69, 9.17) is 10.00 Å². The quantitative estimate of drug-likeness (QED) is 0.670. The highest BCUT2D eigenvalue weighted by atomic mass is 16.5. The molecule has 0 spiro atoms. The molecule has 0 aliphatic carbocycles. The van der Waals surface area contributed by atoms with Crippen molar-refractivity contribution < 1.29 is 9.53 Å². The molecule has 0 bridgehead atoms. The Morgan fingerprint density at radius 2 is 2.00 bits per heavy atom. The second-order valence-corrected chi connectivity index (χ2v) is 7.76. The number of nitriles is 1. The number of morpholine rings is 1. The summed E-state index contributed by atoms with van der Waals surface area (Å²) < 4.78 is 7.34. The number of aromatic nitrogens is 2. The molecule has 3 rings (SSSR count). The minimum atomic E-state index is 0.121. The van der Waals surface area contributed by atoms with E-state index in [1.165, 1.54) is 5.69 Å². The second-order valence-electron chi connectivity index (χ2n) is 7.76. The summed E-state index contributed by atoms with van der Waals surface area (Å²) in [6, 6.07) is 10.5. The molecule has 30 heavy (non-hydrogen) atoms. The smallest absolute Gasteiger partial charge is 0.222 e. The maximum atomic E-state index is 12.8. The van der Waals surface area contributed by atoms with Gasteiger partial charge in [0.15, 0.2) is 0 Å². The van der Waals surface area contributed by atoms with Crippen molar-refractivity contribution in [2.75, 3.05) is 38.3 Å². The lowest BCUT2D eigenvalue weighted by molar-refractivity contribution is -0.130. The van der Waals surface area contributed by atoms with Crippen LogP contribution in [0.1, 0.15) is 35.4 Å². The summed E-state index contributed by atoms with van der Waals surface area (Å²) in [6.07, 6.45) is 1.55. The van der Waals surface area contributed by atoms with Crippen LogP contribution in [0.4, 0.5) is 5.69 Å². The third-order valence-corrected chi connectivity index (χ3v) is 5.73. The summed E-state index contributed by atoms with van der Waals surface area (Å²) in [4.78, 5) is 17.0. The molecule has 0 radical (unpaired) electrons. The monoisotopic (exact) mass is 409 g/mol. The third kappa shape index (κ3) is 5.19. The lowest BCUT2D eigenvalue weighted by atomic mass is 10.1. The van der Waals surface area contributed by atoms with Gasteiger partial charge in [0.1, 0.15) is 0 Å². The van der Waals surface area contributed by atoms with Crippen LogP contribution in [0, 0.1) is 25.2 Å². The van der Waals surface area contributed by atoms with Crippen LogP contribution in [-0.4, -0.2) is 53.9 Å². The molecule has 160 valence electrons. The Labute approximate surface area is 178 Å². The van der Waals surface area contributed by atoms with E-state index < -0.39 is 0 Å². The predicted molar refractivity (Wildman–Crippen MR) is 116 cm³/mol. The van der Waals surface area contributed by atoms with Crippen molar-refractivity contribution in [1.82, 2.24) is 14.7 Å². The van der Waals surface area contributed by atoms with Crippen molar-refractivity contribution in [2.45, 2.75) is 46.2 Å². The number of anilines is 1. The van der Waals surface area contributed by atoms with E-state index in [0.29, 0.717) is 32.4 Å². The molecular weight excluding hydrogens is 378 g/mol. The molecule has 7 nitrogen and oxygen atoms in total. The molecule has 1 fully saturated rings. The molecule has 1 aromatic heterocycles. The number of nitrogens with zero attached hydrogens (tertiary/aromatic N) is 5. The molecule has 1 aromatic carbocycles. The highest BCUT2D eigenvalue weighted by Gasteiger charge is 2.18. The first kappa shape index (κ1) is 21.8. The number of hydrogen-bond donors (Lipinski definition) is 0. The van der Waals surface area contributed by atoms with E-state index in [-0.39, 0.29) is 5.91 Å². The van der Waals surface area contributed by atoms with Gasteiger partial charge in [-0.3, -0.25) is 9.48 Å². The molecule has 1 aliphatic heterocycles. The lowest BCUT2D eigenvalue weighted by Crippen LogP contribution is -2.37. The van der Waals surface area contributed by atoms with E-state index in [1.807, 2.05) is 42.6 Å². The number of amides is 1. The van der Waals surface area contributed by atoms with Crippen LogP contribution in [0.25, 0.3) is 0 Å². The van der Waals surface area contributed by atoms with Crippen molar-refractivity contribution >= 4 is 11.6 Å². The van der Waals surface area contributed by atoms with E-state index >= 15 is 0 Å². The Morgan fingerprint density at radius 1 is 1.27 bits per heavy atom. The topological polar surface area (TPSA) is 74.4 Å². The Kier molecular flexibility index (Phi) is 7.47. The number of para-hydroxylation sites is 1. The summed E-state index contributed by atoms with van der Waals surface area (Å²) >= 11 is 0. The Morgan fingerprint density at radius 3 is 2.73 bits per heavy atom. The first-order valence-corrected chi connectivity index (χ1v) is 10.6. The van der Waals surface area contributed by atoms with Crippen molar-refractivity contribution in [3.8, 4) is 6.07 Å². The first-order chi connectivity index (χ1) is 14.5. The molecule has 1 aliphatic rings. The van der Waals surface area contributed by atoms with E-state index in [2.05, 4.69) is 28.2 Å². The standard InChI is InChI=1S/C23H31N5O2/c1-18-21(19(2)28(25-18)12-6-11-24)9-10-23(29)26(3)17-20-7-4-5-8-22(20)27-13-15-30-16-14-27/h4-5,7-8H,6,9-10,12-17H2,1-3H3. The van der Waals surface area contributed by atoms with Crippen LogP contribution in [0.15, 0.2) is 24.3 Å². The molecule has 2 aromatic rings. The number of benzene rings is 1. The molecule has 0 unspecified atom stereocenters. The zero-order valence-electron chi connectivity index (χ0n) is 18.2. The average molecular weight is 410 g/mol. The molecule has 1 amide bonds. The van der Waals surface area contributed by atoms with Gasteiger partial charge in [-0.2, -0.15) is 10.4 Å². The van der Waals surface area contributed by atoms with Crippen molar-refractivity contribution in [3.63, 3.8) is 0 Å². The van der Waals surface area contributed by atoms with Gasteiger partial charge >= 0.3 is 0 Å². The molecule has 7 heteroatoms. The third-order valence-electron chi connectivity index (χ3n) is 5.73. The van der Waals surface area contributed by atoms with Crippen LogP contribution in [0.3, 0.4) is 0 Å².